The number of nitrogens with one attached hydrogen (secondary N) is 1. The van der Waals surface area contributed by atoms with Gasteiger partial charge in [-0.15, -0.1) is 0 Å². The van der Waals surface area contributed by atoms with E-state index in [0.717, 1.165) is 22.0 Å². The summed E-state index contributed by atoms with van der Waals surface area (Å²) < 4.78 is 2.62. The van der Waals surface area contributed by atoms with Crippen molar-refractivity contribution in [1.29, 1.82) is 0 Å². The molecule has 1 N–H and O–H groups in total. The summed E-state index contributed by atoms with van der Waals surface area (Å²) in [5, 5.41) is 4.80. The molecule has 130 valence electrons. The minimum Gasteiger partial charge on any atom is -0.342 e. The lowest BCUT2D eigenvalue weighted by molar-refractivity contribution is -0.115. The topological polar surface area (TPSA) is 34.0 Å². The van der Waals surface area contributed by atoms with E-state index in [4.69, 9.17) is 35.4 Å². The first kappa shape index (κ1) is 17.6. The van der Waals surface area contributed by atoms with Crippen LogP contribution < -0.4 is 5.32 Å². The van der Waals surface area contributed by atoms with E-state index < -0.39 is 0 Å². The highest BCUT2D eigenvalue weighted by atomic mass is 35.5. The van der Waals surface area contributed by atoms with Crippen LogP contribution in [0, 0.1) is 0 Å². The van der Waals surface area contributed by atoms with Gasteiger partial charge in [0.15, 0.2) is 0 Å². The van der Waals surface area contributed by atoms with Gasteiger partial charge in [-0.1, -0.05) is 71.4 Å². The van der Waals surface area contributed by atoms with Crippen LogP contribution >= 0.6 is 47.2 Å². The smallest absolute Gasteiger partial charge is 0.263 e. The summed E-state index contributed by atoms with van der Waals surface area (Å²) in [5.41, 5.74) is 3.10. The number of para-hydroxylation sites is 1. The van der Waals surface area contributed by atoms with Gasteiger partial charge < -0.3 is 9.88 Å². The lowest BCUT2D eigenvalue weighted by Crippen LogP contribution is -2.17. The first-order valence-corrected chi connectivity index (χ1v) is 9.76. The fourth-order valence-electron chi connectivity index (χ4n) is 2.92. The predicted octanol–water partition coefficient (Wildman–Crippen LogP) is 5.49. The highest BCUT2D eigenvalue weighted by Crippen LogP contribution is 2.30. The molecule has 1 saturated heterocycles. The van der Waals surface area contributed by atoms with Crippen molar-refractivity contribution in [1.82, 2.24) is 9.88 Å². The molecule has 4 rings (SSSR count). The van der Waals surface area contributed by atoms with Gasteiger partial charge in [-0.25, -0.2) is 0 Å². The van der Waals surface area contributed by atoms with Gasteiger partial charge in [0.2, 0.25) is 0 Å². The summed E-state index contributed by atoms with van der Waals surface area (Å²) in [4.78, 5) is 12.6. The monoisotopic (exact) mass is 418 g/mol. The van der Waals surface area contributed by atoms with Crippen molar-refractivity contribution >= 4 is 74.4 Å². The number of thiocarbonyl (C=S) groups is 1. The number of rotatable bonds is 3. The van der Waals surface area contributed by atoms with E-state index in [0.29, 0.717) is 25.8 Å². The first-order valence-electron chi connectivity index (χ1n) is 7.78. The molecule has 0 radical (unpaired) electrons. The number of amides is 1. The van der Waals surface area contributed by atoms with Crippen LogP contribution in [-0.4, -0.2) is 14.8 Å². The molecule has 0 atom stereocenters. The third-order valence-corrected chi connectivity index (χ3v) is 5.99. The van der Waals surface area contributed by atoms with E-state index in [1.54, 1.807) is 6.07 Å². The molecule has 7 heteroatoms. The molecule has 1 fully saturated rings. The summed E-state index contributed by atoms with van der Waals surface area (Å²) in [6.45, 7) is 0.651. The van der Waals surface area contributed by atoms with Crippen LogP contribution in [0.3, 0.4) is 0 Å². The molecular weight excluding hydrogens is 407 g/mol. The average Bonchev–Trinajstić information content (AvgIpc) is 3.11. The van der Waals surface area contributed by atoms with Crippen LogP contribution in [0.1, 0.15) is 11.1 Å². The number of nitrogens with zero attached hydrogens (tertiary/aromatic N) is 1. The van der Waals surface area contributed by atoms with Gasteiger partial charge >= 0.3 is 0 Å². The lowest BCUT2D eigenvalue weighted by Gasteiger charge is -2.06. The van der Waals surface area contributed by atoms with Crippen molar-refractivity contribution in [3.8, 4) is 0 Å². The van der Waals surface area contributed by atoms with Crippen molar-refractivity contribution in [2.45, 2.75) is 6.54 Å². The van der Waals surface area contributed by atoms with Gasteiger partial charge in [-0.3, -0.25) is 4.79 Å². The largest absolute Gasteiger partial charge is 0.342 e. The summed E-state index contributed by atoms with van der Waals surface area (Å²) in [6.07, 6.45) is 3.92. The van der Waals surface area contributed by atoms with Gasteiger partial charge in [-0.2, -0.15) is 0 Å². The maximum Gasteiger partial charge on any atom is 0.263 e. The Labute approximate surface area is 170 Å². The molecule has 0 aliphatic carbocycles. The van der Waals surface area contributed by atoms with Crippen LogP contribution in [-0.2, 0) is 11.3 Å². The Kier molecular flexibility index (Phi) is 4.80. The molecule has 1 aromatic heterocycles. The van der Waals surface area contributed by atoms with Crippen LogP contribution in [0.2, 0.25) is 10.0 Å². The molecule has 0 spiro atoms. The second-order valence-electron chi connectivity index (χ2n) is 5.83. The fraction of sp³-hybridized carbons (Fsp3) is 0.0526. The van der Waals surface area contributed by atoms with Crippen molar-refractivity contribution < 1.29 is 4.79 Å². The highest BCUT2D eigenvalue weighted by molar-refractivity contribution is 8.26. The molecular formula is C19H12Cl2N2OS2. The Hall–Kier alpha value is -1.79. The second kappa shape index (κ2) is 7.08. The first-order chi connectivity index (χ1) is 12.5. The third kappa shape index (κ3) is 3.40. The Bertz CT molecular complexity index is 1090. The molecule has 3 nitrogen and oxygen atoms in total. The Morgan fingerprint density at radius 3 is 2.69 bits per heavy atom. The molecule has 26 heavy (non-hydrogen) atoms. The van der Waals surface area contributed by atoms with Gasteiger partial charge in [0.25, 0.3) is 5.91 Å². The van der Waals surface area contributed by atoms with Crippen molar-refractivity contribution in [3.05, 3.63) is 74.7 Å². The fourth-order valence-corrected chi connectivity index (χ4v) is 4.27. The molecule has 3 aromatic rings. The zero-order valence-electron chi connectivity index (χ0n) is 13.3. The number of fused-ring (bicyclic) bond motifs is 1. The quantitative estimate of drug-likeness (QED) is 0.451. The molecule has 1 aliphatic rings. The Balaban J connectivity index is 1.77. The van der Waals surface area contributed by atoms with E-state index in [1.165, 1.54) is 11.8 Å². The van der Waals surface area contributed by atoms with Gasteiger partial charge in [0, 0.05) is 29.2 Å². The number of carbonyl (C=O) groups is 1. The van der Waals surface area contributed by atoms with Crippen LogP contribution in [0.4, 0.5) is 0 Å². The number of aromatic nitrogens is 1. The van der Waals surface area contributed by atoms with E-state index in [9.17, 15) is 4.79 Å². The van der Waals surface area contributed by atoms with E-state index in [2.05, 4.69) is 16.0 Å². The normalized spacial score (nSPS) is 15.8. The third-order valence-electron chi connectivity index (χ3n) is 4.08. The molecule has 1 amide bonds. The number of benzene rings is 2. The zero-order chi connectivity index (χ0) is 18.3. The molecule has 2 aromatic carbocycles. The maximum atomic E-state index is 12.0. The summed E-state index contributed by atoms with van der Waals surface area (Å²) >= 11 is 18.5. The van der Waals surface area contributed by atoms with Gasteiger partial charge in [0.05, 0.1) is 15.0 Å². The maximum absolute atomic E-state index is 12.0. The number of carbonyl (C=O) groups excluding carboxylic acids is 1. The van der Waals surface area contributed by atoms with Crippen molar-refractivity contribution in [2.24, 2.45) is 0 Å². The molecule has 1 aliphatic heterocycles. The Morgan fingerprint density at radius 1 is 1.15 bits per heavy atom. The van der Waals surface area contributed by atoms with Crippen molar-refractivity contribution in [3.63, 3.8) is 0 Å². The van der Waals surface area contributed by atoms with Gasteiger partial charge in [-0.05, 0) is 29.8 Å². The van der Waals surface area contributed by atoms with E-state index in [-0.39, 0.29) is 5.91 Å². The highest BCUT2D eigenvalue weighted by Gasteiger charge is 2.22. The molecule has 0 bridgehead atoms. The lowest BCUT2D eigenvalue weighted by atomic mass is 10.1. The predicted molar refractivity (Wildman–Crippen MR) is 114 cm³/mol. The van der Waals surface area contributed by atoms with E-state index in [1.807, 2.05) is 42.6 Å². The SMILES string of the molecule is O=C1NC(=S)SC1=Cc1cn(Cc2ccc(Cl)c(Cl)c2)c2ccccc12. The number of halogens is 2. The molecule has 0 unspecified atom stereocenters. The number of hydrogen-bond donors (Lipinski definition) is 1. The summed E-state index contributed by atoms with van der Waals surface area (Å²) in [7, 11) is 0. The number of thioether (sulfide) groups is 1. The zero-order valence-corrected chi connectivity index (χ0v) is 16.5. The summed E-state index contributed by atoms with van der Waals surface area (Å²) in [5.74, 6) is -0.152. The number of hydrogen-bond acceptors (Lipinski definition) is 3. The van der Waals surface area contributed by atoms with Crippen LogP contribution in [0.25, 0.3) is 17.0 Å². The minimum atomic E-state index is -0.152. The van der Waals surface area contributed by atoms with Crippen LogP contribution in [0.15, 0.2) is 53.6 Å². The molecule has 2 heterocycles. The second-order valence-corrected chi connectivity index (χ2v) is 8.36. The molecule has 0 saturated carbocycles. The van der Waals surface area contributed by atoms with E-state index >= 15 is 0 Å². The van der Waals surface area contributed by atoms with Crippen LogP contribution in [0.5, 0.6) is 0 Å². The van der Waals surface area contributed by atoms with Crippen molar-refractivity contribution in [2.75, 3.05) is 0 Å². The minimum absolute atomic E-state index is 0.152. The average molecular weight is 419 g/mol. The van der Waals surface area contributed by atoms with Gasteiger partial charge in [0.1, 0.15) is 4.32 Å². The standard InChI is InChI=1S/C19H12Cl2N2OS2/c20-14-6-5-11(7-15(14)21)9-23-10-12(13-3-1-2-4-16(13)23)8-17-18(24)22-19(25)26-17/h1-8,10H,9H2,(H,22,24,25). The Morgan fingerprint density at radius 2 is 1.96 bits per heavy atom. The summed E-state index contributed by atoms with van der Waals surface area (Å²) in [6, 6.07) is 13.7.